The molecular formula is C15H21FN2O3. The Morgan fingerprint density at radius 2 is 2.24 bits per heavy atom. The van der Waals surface area contributed by atoms with E-state index in [0.717, 1.165) is 37.9 Å². The first-order valence-electron chi connectivity index (χ1n) is 7.23. The Hall–Kier alpha value is -1.66. The van der Waals surface area contributed by atoms with E-state index < -0.39 is 11.6 Å². The van der Waals surface area contributed by atoms with E-state index >= 15 is 0 Å². The van der Waals surface area contributed by atoms with E-state index in [4.69, 9.17) is 5.11 Å². The van der Waals surface area contributed by atoms with Gasteiger partial charge in [0.1, 0.15) is 0 Å². The summed E-state index contributed by atoms with van der Waals surface area (Å²) >= 11 is 0. The number of nitrogens with one attached hydrogen (secondary N) is 1. The zero-order chi connectivity index (χ0) is 15.2. The Kier molecular flexibility index (Phi) is 5.52. The highest BCUT2D eigenvalue weighted by Gasteiger charge is 2.21. The molecule has 1 unspecified atom stereocenters. The Morgan fingerprint density at radius 3 is 2.95 bits per heavy atom. The lowest BCUT2D eigenvalue weighted by Gasteiger charge is -2.34. The van der Waals surface area contributed by atoms with Gasteiger partial charge in [-0.05, 0) is 37.6 Å². The average molecular weight is 296 g/mol. The van der Waals surface area contributed by atoms with Crippen LogP contribution in [0.1, 0.15) is 29.6 Å². The highest BCUT2D eigenvalue weighted by molar-refractivity contribution is 5.94. The van der Waals surface area contributed by atoms with Gasteiger partial charge >= 0.3 is 0 Å². The molecule has 0 saturated carbocycles. The van der Waals surface area contributed by atoms with Crippen molar-refractivity contribution in [3.8, 4) is 5.75 Å². The number of likely N-dealkylation sites (tertiary alicyclic amines) is 1. The van der Waals surface area contributed by atoms with E-state index in [9.17, 15) is 14.3 Å². The molecule has 1 saturated heterocycles. The molecule has 6 heteroatoms. The number of benzene rings is 1. The number of amides is 1. The first kappa shape index (κ1) is 15.7. The summed E-state index contributed by atoms with van der Waals surface area (Å²) in [5.41, 5.74) is 0.183. The summed E-state index contributed by atoms with van der Waals surface area (Å²) in [4.78, 5) is 14.0. The number of hydrogen-bond acceptors (Lipinski definition) is 4. The van der Waals surface area contributed by atoms with Crippen LogP contribution < -0.4 is 5.32 Å². The Labute approximate surface area is 123 Å². The number of aromatic hydroxyl groups is 1. The normalized spacial score (nSPS) is 19.4. The molecule has 0 spiro atoms. The minimum atomic E-state index is -0.806. The maximum absolute atomic E-state index is 13.2. The van der Waals surface area contributed by atoms with E-state index in [2.05, 4.69) is 10.2 Å². The lowest BCUT2D eigenvalue weighted by atomic mass is 10.0. The number of hydrogen-bond donors (Lipinski definition) is 3. The van der Waals surface area contributed by atoms with Gasteiger partial charge in [0.05, 0.1) is 6.61 Å². The van der Waals surface area contributed by atoms with Crippen LogP contribution >= 0.6 is 0 Å². The monoisotopic (exact) mass is 296 g/mol. The summed E-state index contributed by atoms with van der Waals surface area (Å²) in [6.07, 6.45) is 3.21. The summed E-state index contributed by atoms with van der Waals surface area (Å²) in [5.74, 6) is -1.64. The van der Waals surface area contributed by atoms with Crippen LogP contribution in [0.25, 0.3) is 0 Å². The quantitative estimate of drug-likeness (QED) is 0.761. The van der Waals surface area contributed by atoms with Crippen LogP contribution in [-0.2, 0) is 0 Å². The van der Waals surface area contributed by atoms with Crippen LogP contribution in [0.15, 0.2) is 18.2 Å². The van der Waals surface area contributed by atoms with E-state index in [0.29, 0.717) is 13.1 Å². The Morgan fingerprint density at radius 1 is 1.43 bits per heavy atom. The number of aliphatic hydroxyl groups excluding tert-OH is 1. The predicted octanol–water partition coefficient (Wildman–Crippen LogP) is 1.11. The third kappa shape index (κ3) is 4.15. The molecule has 21 heavy (non-hydrogen) atoms. The number of carbonyl (C=O) groups excluding carboxylic acids is 1. The minimum absolute atomic E-state index is 0.136. The molecule has 1 atom stereocenters. The smallest absolute Gasteiger partial charge is 0.251 e. The first-order chi connectivity index (χ1) is 10.1. The lowest BCUT2D eigenvalue weighted by Crippen LogP contribution is -2.45. The molecule has 1 fully saturated rings. The maximum Gasteiger partial charge on any atom is 0.251 e. The summed E-state index contributed by atoms with van der Waals surface area (Å²) in [7, 11) is 0. The van der Waals surface area contributed by atoms with Gasteiger partial charge in [0, 0.05) is 24.7 Å². The van der Waals surface area contributed by atoms with Crippen LogP contribution in [0.3, 0.4) is 0 Å². The van der Waals surface area contributed by atoms with Crippen molar-refractivity contribution in [3.63, 3.8) is 0 Å². The van der Waals surface area contributed by atoms with Gasteiger partial charge in [0.15, 0.2) is 11.6 Å². The van der Waals surface area contributed by atoms with Crippen molar-refractivity contribution < 1.29 is 19.4 Å². The van der Waals surface area contributed by atoms with Crippen molar-refractivity contribution in [1.82, 2.24) is 10.2 Å². The van der Waals surface area contributed by atoms with Crippen molar-refractivity contribution >= 4 is 5.91 Å². The zero-order valence-corrected chi connectivity index (χ0v) is 11.9. The maximum atomic E-state index is 13.2. The largest absolute Gasteiger partial charge is 0.505 e. The van der Waals surface area contributed by atoms with Crippen molar-refractivity contribution in [3.05, 3.63) is 29.6 Å². The second-order valence-corrected chi connectivity index (χ2v) is 5.29. The number of rotatable bonds is 5. The van der Waals surface area contributed by atoms with Gasteiger partial charge in [-0.3, -0.25) is 9.69 Å². The van der Waals surface area contributed by atoms with Gasteiger partial charge in [0.2, 0.25) is 0 Å². The topological polar surface area (TPSA) is 72.8 Å². The summed E-state index contributed by atoms with van der Waals surface area (Å²) in [6.45, 7) is 2.17. The number of halogens is 1. The van der Waals surface area contributed by atoms with Crippen LogP contribution in [0.2, 0.25) is 0 Å². The summed E-state index contributed by atoms with van der Waals surface area (Å²) < 4.78 is 13.2. The van der Waals surface area contributed by atoms with Crippen molar-refractivity contribution in [2.45, 2.75) is 25.3 Å². The van der Waals surface area contributed by atoms with Gasteiger partial charge < -0.3 is 15.5 Å². The van der Waals surface area contributed by atoms with Crippen LogP contribution in [0.4, 0.5) is 4.39 Å². The predicted molar refractivity (Wildman–Crippen MR) is 76.7 cm³/mol. The third-order valence-corrected chi connectivity index (χ3v) is 3.85. The Bertz CT molecular complexity index is 496. The molecule has 3 N–H and O–H groups in total. The molecule has 2 rings (SSSR count). The van der Waals surface area contributed by atoms with Crippen molar-refractivity contribution in [2.24, 2.45) is 0 Å². The summed E-state index contributed by atoms with van der Waals surface area (Å²) in [6, 6.07) is 3.73. The second kappa shape index (κ2) is 7.38. The number of piperidine rings is 1. The van der Waals surface area contributed by atoms with Gasteiger partial charge in [0.25, 0.3) is 5.91 Å². The van der Waals surface area contributed by atoms with E-state index in [1.54, 1.807) is 0 Å². The molecule has 1 aliphatic rings. The minimum Gasteiger partial charge on any atom is -0.505 e. The molecule has 1 aromatic rings. The van der Waals surface area contributed by atoms with E-state index in [1.807, 2.05) is 0 Å². The molecule has 1 amide bonds. The van der Waals surface area contributed by atoms with Crippen LogP contribution in [0, 0.1) is 5.82 Å². The molecule has 5 nitrogen and oxygen atoms in total. The summed E-state index contributed by atoms with van der Waals surface area (Å²) in [5, 5.41) is 21.1. The van der Waals surface area contributed by atoms with Gasteiger partial charge in [-0.1, -0.05) is 6.42 Å². The van der Waals surface area contributed by atoms with Crippen LogP contribution in [0.5, 0.6) is 5.75 Å². The molecule has 0 aromatic heterocycles. The SMILES string of the molecule is O=C(NCCN1CCCCC1CO)c1ccc(O)c(F)c1. The molecule has 116 valence electrons. The van der Waals surface area contributed by atoms with E-state index in [1.165, 1.54) is 6.07 Å². The average Bonchev–Trinajstić information content (AvgIpc) is 2.50. The molecule has 0 bridgehead atoms. The number of aliphatic hydroxyl groups is 1. The molecule has 0 aliphatic carbocycles. The van der Waals surface area contributed by atoms with Crippen LogP contribution in [-0.4, -0.2) is 53.3 Å². The van der Waals surface area contributed by atoms with Crippen molar-refractivity contribution in [2.75, 3.05) is 26.2 Å². The highest BCUT2D eigenvalue weighted by atomic mass is 19.1. The van der Waals surface area contributed by atoms with Gasteiger partial charge in [-0.25, -0.2) is 4.39 Å². The number of nitrogens with zero attached hydrogens (tertiary/aromatic N) is 1. The molecular weight excluding hydrogens is 275 g/mol. The van der Waals surface area contributed by atoms with E-state index in [-0.39, 0.29) is 24.1 Å². The fourth-order valence-corrected chi connectivity index (χ4v) is 2.62. The first-order valence-corrected chi connectivity index (χ1v) is 7.23. The number of phenols is 1. The highest BCUT2D eigenvalue weighted by Crippen LogP contribution is 2.17. The molecule has 0 radical (unpaired) electrons. The van der Waals surface area contributed by atoms with Crippen molar-refractivity contribution in [1.29, 1.82) is 0 Å². The second-order valence-electron chi connectivity index (χ2n) is 5.29. The standard InChI is InChI=1S/C15H21FN2O3/c16-13-9-11(4-5-14(13)20)15(21)17-6-8-18-7-2-1-3-12(18)10-19/h4-5,9,12,19-20H,1-3,6-8,10H2,(H,17,21). The molecule has 1 heterocycles. The fourth-order valence-electron chi connectivity index (χ4n) is 2.62. The Balaban J connectivity index is 1.82. The van der Waals surface area contributed by atoms with Gasteiger partial charge in [-0.15, -0.1) is 0 Å². The third-order valence-electron chi connectivity index (χ3n) is 3.85. The molecule has 1 aromatic carbocycles. The van der Waals surface area contributed by atoms with Gasteiger partial charge in [-0.2, -0.15) is 0 Å². The fraction of sp³-hybridized carbons (Fsp3) is 0.533. The number of phenolic OH excluding ortho intramolecular Hbond substituents is 1. The molecule has 1 aliphatic heterocycles. The lowest BCUT2D eigenvalue weighted by molar-refractivity contribution is 0.0849. The zero-order valence-electron chi connectivity index (χ0n) is 11.9. The number of carbonyl (C=O) groups is 1.